The number of hydrogen-bond donors (Lipinski definition) is 3. The molecular formula is C21H26N4O6. The molecule has 0 radical (unpaired) electrons. The van der Waals surface area contributed by atoms with E-state index in [4.69, 9.17) is 4.74 Å². The van der Waals surface area contributed by atoms with Gasteiger partial charge in [0, 0.05) is 6.04 Å². The van der Waals surface area contributed by atoms with Crippen LogP contribution in [-0.4, -0.2) is 40.3 Å². The van der Waals surface area contributed by atoms with Gasteiger partial charge in [-0.1, -0.05) is 38.8 Å². The van der Waals surface area contributed by atoms with E-state index in [0.717, 1.165) is 23.9 Å². The summed E-state index contributed by atoms with van der Waals surface area (Å²) >= 11 is 0. The zero-order valence-corrected chi connectivity index (χ0v) is 17.5. The molecule has 0 unspecified atom stereocenters. The van der Waals surface area contributed by atoms with Gasteiger partial charge in [-0.25, -0.2) is 9.48 Å². The molecule has 31 heavy (non-hydrogen) atoms. The molecule has 3 atom stereocenters. The van der Waals surface area contributed by atoms with Gasteiger partial charge in [-0.05, 0) is 30.4 Å². The van der Waals surface area contributed by atoms with Crippen LogP contribution in [0.4, 0.5) is 4.79 Å². The maximum atomic E-state index is 12.4. The monoisotopic (exact) mass is 430 g/mol. The number of esters is 1. The Morgan fingerprint density at radius 3 is 2.58 bits per heavy atom. The van der Waals surface area contributed by atoms with Crippen LogP contribution < -0.4 is 21.8 Å². The smallest absolute Gasteiger partial charge is 0.328 e. The minimum atomic E-state index is -0.904. The van der Waals surface area contributed by atoms with Crippen LogP contribution in [-0.2, 0) is 20.9 Å². The maximum Gasteiger partial charge on any atom is 0.328 e. The molecule has 1 fully saturated rings. The number of carbonyl (C=O) groups is 3. The maximum absolute atomic E-state index is 12.4. The van der Waals surface area contributed by atoms with E-state index in [2.05, 4.69) is 29.6 Å². The number of H-pyrrole nitrogens is 1. The van der Waals surface area contributed by atoms with Crippen LogP contribution in [0.1, 0.15) is 33.1 Å². The molecule has 0 saturated heterocycles. The molecule has 1 aliphatic carbocycles. The predicted octanol–water partition coefficient (Wildman–Crippen LogP) is 0.884. The number of amides is 3. The van der Waals surface area contributed by atoms with Crippen molar-refractivity contribution in [1.29, 1.82) is 0 Å². The van der Waals surface area contributed by atoms with Gasteiger partial charge in [0.25, 0.3) is 17.0 Å². The van der Waals surface area contributed by atoms with Crippen molar-refractivity contribution in [3.05, 3.63) is 45.0 Å². The number of carbonyl (C=O) groups excluding carboxylic acids is 3. The average molecular weight is 430 g/mol. The highest BCUT2D eigenvalue weighted by molar-refractivity contribution is 5.95. The second kappa shape index (κ2) is 9.59. The van der Waals surface area contributed by atoms with Crippen molar-refractivity contribution in [3.8, 4) is 0 Å². The first-order valence-corrected chi connectivity index (χ1v) is 10.2. The Kier molecular flexibility index (Phi) is 6.88. The van der Waals surface area contributed by atoms with E-state index in [1.807, 2.05) is 0 Å². The first-order valence-electron chi connectivity index (χ1n) is 10.2. The number of nitrogens with one attached hydrogen (secondary N) is 3. The standard InChI is InChI=1S/C21H26N4O6/c1-12-6-5-9-16(13(12)2)22-21(30)23-17(26)11-31-18(27)10-25-20(29)15-8-4-3-7-14(15)19(28)24-25/h3-4,7-8,12-13,16H,5-6,9-11H2,1-2H3,(H,24,28)(H2,22,23,26,30)/t12-,13-,16-/m1/s1. The number of aromatic amines is 1. The van der Waals surface area contributed by atoms with Gasteiger partial charge >= 0.3 is 12.0 Å². The summed E-state index contributed by atoms with van der Waals surface area (Å²) < 4.78 is 5.65. The third kappa shape index (κ3) is 5.39. The Balaban J connectivity index is 1.51. The number of ether oxygens (including phenoxy) is 1. The van der Waals surface area contributed by atoms with E-state index >= 15 is 0 Å². The molecular weight excluding hydrogens is 404 g/mol. The Labute approximate surface area is 177 Å². The summed E-state index contributed by atoms with van der Waals surface area (Å²) in [7, 11) is 0. The number of fused-ring (bicyclic) bond motifs is 1. The third-order valence-corrected chi connectivity index (χ3v) is 5.81. The highest BCUT2D eigenvalue weighted by Crippen LogP contribution is 2.29. The summed E-state index contributed by atoms with van der Waals surface area (Å²) in [6.07, 6.45) is 2.97. The zero-order chi connectivity index (χ0) is 22.5. The highest BCUT2D eigenvalue weighted by Gasteiger charge is 2.28. The minimum absolute atomic E-state index is 0.0179. The average Bonchev–Trinajstić information content (AvgIpc) is 2.73. The fourth-order valence-electron chi connectivity index (χ4n) is 3.83. The molecule has 1 aromatic carbocycles. The number of imide groups is 1. The number of urea groups is 1. The molecule has 1 heterocycles. The Hall–Kier alpha value is -3.43. The minimum Gasteiger partial charge on any atom is -0.454 e. The fourth-order valence-corrected chi connectivity index (χ4v) is 3.83. The van der Waals surface area contributed by atoms with Crippen molar-refractivity contribution in [2.75, 3.05) is 6.61 Å². The topological polar surface area (TPSA) is 139 Å². The second-order valence-corrected chi connectivity index (χ2v) is 7.93. The van der Waals surface area contributed by atoms with Gasteiger partial charge in [-0.15, -0.1) is 0 Å². The number of benzene rings is 1. The first-order chi connectivity index (χ1) is 14.8. The van der Waals surface area contributed by atoms with Crippen molar-refractivity contribution in [3.63, 3.8) is 0 Å². The SMILES string of the molecule is C[C@@H]1[C@H](C)CCC[C@H]1NC(=O)NC(=O)COC(=O)Cn1[nH]c(=O)c2ccccc2c1=O. The molecule has 10 heteroatoms. The molecule has 2 aromatic rings. The van der Waals surface area contributed by atoms with Crippen LogP contribution in [0.2, 0.25) is 0 Å². The lowest BCUT2D eigenvalue weighted by Gasteiger charge is -2.34. The molecule has 1 aliphatic rings. The van der Waals surface area contributed by atoms with Crippen molar-refractivity contribution in [1.82, 2.24) is 20.4 Å². The van der Waals surface area contributed by atoms with Crippen LogP contribution in [0.5, 0.6) is 0 Å². The molecule has 0 aliphatic heterocycles. The zero-order valence-electron chi connectivity index (χ0n) is 17.5. The van der Waals surface area contributed by atoms with Gasteiger partial charge in [-0.2, -0.15) is 0 Å². The Morgan fingerprint density at radius 1 is 1.13 bits per heavy atom. The van der Waals surface area contributed by atoms with Crippen LogP contribution in [0.15, 0.2) is 33.9 Å². The van der Waals surface area contributed by atoms with Gasteiger partial charge in [0.1, 0.15) is 6.54 Å². The highest BCUT2D eigenvalue weighted by atomic mass is 16.5. The number of hydrogen-bond acceptors (Lipinski definition) is 6. The van der Waals surface area contributed by atoms with Gasteiger partial charge in [0.2, 0.25) is 0 Å². The van der Waals surface area contributed by atoms with Crippen molar-refractivity contribution in [2.45, 2.75) is 45.7 Å². The third-order valence-electron chi connectivity index (χ3n) is 5.81. The van der Waals surface area contributed by atoms with E-state index in [9.17, 15) is 24.0 Å². The molecule has 3 rings (SSSR count). The van der Waals surface area contributed by atoms with E-state index in [0.29, 0.717) is 11.8 Å². The summed E-state index contributed by atoms with van der Waals surface area (Å²) in [5.74, 6) is -0.907. The molecule has 3 N–H and O–H groups in total. The number of nitrogens with zero attached hydrogens (tertiary/aromatic N) is 1. The molecule has 166 valence electrons. The summed E-state index contributed by atoms with van der Waals surface area (Å²) in [5.41, 5.74) is -1.09. The van der Waals surface area contributed by atoms with E-state index in [-0.39, 0.29) is 16.8 Å². The predicted molar refractivity (Wildman–Crippen MR) is 112 cm³/mol. The number of rotatable bonds is 5. The summed E-state index contributed by atoms with van der Waals surface area (Å²) in [6, 6.07) is 5.56. The second-order valence-electron chi connectivity index (χ2n) is 7.93. The normalized spacial score (nSPS) is 20.8. The van der Waals surface area contributed by atoms with E-state index < -0.39 is 42.2 Å². The quantitative estimate of drug-likeness (QED) is 0.602. The Bertz CT molecular complexity index is 1100. The lowest BCUT2D eigenvalue weighted by Crippen LogP contribution is -2.50. The van der Waals surface area contributed by atoms with Crippen LogP contribution >= 0.6 is 0 Å². The van der Waals surface area contributed by atoms with Gasteiger partial charge in [0.05, 0.1) is 10.8 Å². The molecule has 1 saturated carbocycles. The molecule has 1 aromatic heterocycles. The molecule has 10 nitrogen and oxygen atoms in total. The number of aromatic nitrogens is 2. The summed E-state index contributed by atoms with van der Waals surface area (Å²) in [4.78, 5) is 60.4. The molecule has 0 spiro atoms. The van der Waals surface area contributed by atoms with Crippen molar-refractivity contribution in [2.24, 2.45) is 11.8 Å². The lowest BCUT2D eigenvalue weighted by atomic mass is 9.78. The van der Waals surface area contributed by atoms with Gasteiger partial charge < -0.3 is 10.1 Å². The molecule has 3 amide bonds. The fraction of sp³-hybridized carbons (Fsp3) is 0.476. The van der Waals surface area contributed by atoms with E-state index in [1.165, 1.54) is 12.1 Å². The van der Waals surface area contributed by atoms with Crippen molar-refractivity contribution < 1.29 is 19.1 Å². The van der Waals surface area contributed by atoms with Crippen LogP contribution in [0, 0.1) is 11.8 Å². The first kappa shape index (κ1) is 22.3. The van der Waals surface area contributed by atoms with E-state index in [1.54, 1.807) is 12.1 Å². The van der Waals surface area contributed by atoms with Crippen LogP contribution in [0.25, 0.3) is 10.8 Å². The molecule has 0 bridgehead atoms. The Morgan fingerprint density at radius 2 is 1.84 bits per heavy atom. The van der Waals surface area contributed by atoms with Crippen LogP contribution in [0.3, 0.4) is 0 Å². The van der Waals surface area contributed by atoms with Crippen molar-refractivity contribution >= 4 is 28.7 Å². The summed E-state index contributed by atoms with van der Waals surface area (Å²) in [5, 5.41) is 7.61. The lowest BCUT2D eigenvalue weighted by molar-refractivity contribution is -0.149. The van der Waals surface area contributed by atoms with Gasteiger partial charge in [-0.3, -0.25) is 29.6 Å². The largest absolute Gasteiger partial charge is 0.454 e. The summed E-state index contributed by atoms with van der Waals surface area (Å²) in [6.45, 7) is 2.94. The van der Waals surface area contributed by atoms with Gasteiger partial charge in [0.15, 0.2) is 6.61 Å².